The van der Waals surface area contributed by atoms with Crippen LogP contribution >= 0.6 is 0 Å². The number of nitrogens with two attached hydrogens (primary N) is 1. The fraction of sp³-hybridized carbons (Fsp3) is 0.636. The quantitative estimate of drug-likeness (QED) is 0.323. The molecule has 0 amide bonds. The maximum absolute atomic E-state index is 12.6. The van der Waals surface area contributed by atoms with E-state index in [-0.39, 0.29) is 29.7 Å². The molecule has 9 heteroatoms. The van der Waals surface area contributed by atoms with Crippen molar-refractivity contribution in [3.8, 4) is 0 Å². The van der Waals surface area contributed by atoms with Crippen molar-refractivity contribution in [3.63, 3.8) is 0 Å². The van der Waals surface area contributed by atoms with E-state index < -0.39 is 10.0 Å². The van der Waals surface area contributed by atoms with Crippen LogP contribution in [-0.2, 0) is 17.1 Å². The third-order valence-electron chi connectivity index (χ3n) is 2.69. The number of amidine groups is 1. The highest BCUT2D eigenvalue weighted by molar-refractivity contribution is 7.89. The summed E-state index contributed by atoms with van der Waals surface area (Å²) in [4.78, 5) is 0. The Balaban J connectivity index is 3.01. The van der Waals surface area contributed by atoms with Crippen molar-refractivity contribution in [2.75, 3.05) is 13.1 Å². The summed E-state index contributed by atoms with van der Waals surface area (Å²) in [7, 11) is -2.07. The monoisotopic (exact) mass is 303 g/mol. The van der Waals surface area contributed by atoms with Crippen LogP contribution in [0.3, 0.4) is 0 Å². The van der Waals surface area contributed by atoms with Gasteiger partial charge in [-0.25, -0.2) is 8.42 Å². The van der Waals surface area contributed by atoms with E-state index in [2.05, 4.69) is 10.3 Å². The molecule has 0 atom stereocenters. The minimum atomic E-state index is -3.65. The molecule has 1 rings (SSSR count). The highest BCUT2D eigenvalue weighted by Crippen LogP contribution is 2.16. The molecule has 1 aromatic heterocycles. The highest BCUT2D eigenvalue weighted by atomic mass is 32.2. The molecule has 1 aromatic rings. The summed E-state index contributed by atoms with van der Waals surface area (Å²) in [5.74, 6) is 0.157. The second kappa shape index (κ2) is 6.71. The molecule has 0 bridgehead atoms. The summed E-state index contributed by atoms with van der Waals surface area (Å²) in [6, 6.07) is 1.45. The first-order valence-electron chi connectivity index (χ1n) is 6.23. The predicted molar refractivity (Wildman–Crippen MR) is 74.8 cm³/mol. The van der Waals surface area contributed by atoms with Gasteiger partial charge in [0.1, 0.15) is 5.84 Å². The van der Waals surface area contributed by atoms with Gasteiger partial charge >= 0.3 is 0 Å². The molecule has 0 aliphatic carbocycles. The molecular formula is C11H21N5O3S. The van der Waals surface area contributed by atoms with Crippen LogP contribution in [0.25, 0.3) is 0 Å². The van der Waals surface area contributed by atoms with Crippen LogP contribution in [0, 0.1) is 5.92 Å². The number of hydrogen-bond donors (Lipinski definition) is 2. The SMILES string of the molecule is CC(C)CN(CCC(N)=NO)S(=O)(=O)c1ccnn1C. The molecule has 0 spiro atoms. The number of oxime groups is 1. The van der Waals surface area contributed by atoms with Crippen molar-refractivity contribution in [3.05, 3.63) is 12.3 Å². The van der Waals surface area contributed by atoms with Gasteiger partial charge in [-0.3, -0.25) is 4.68 Å². The average molecular weight is 303 g/mol. The summed E-state index contributed by atoms with van der Waals surface area (Å²) >= 11 is 0. The first-order chi connectivity index (χ1) is 9.28. The van der Waals surface area contributed by atoms with Crippen molar-refractivity contribution in [1.82, 2.24) is 14.1 Å². The van der Waals surface area contributed by atoms with Crippen molar-refractivity contribution < 1.29 is 13.6 Å². The molecule has 20 heavy (non-hydrogen) atoms. The van der Waals surface area contributed by atoms with Crippen molar-refractivity contribution in [2.24, 2.45) is 23.9 Å². The molecule has 0 aliphatic heterocycles. The molecule has 3 N–H and O–H groups in total. The Bertz CT molecular complexity index is 564. The van der Waals surface area contributed by atoms with Crippen LogP contribution in [0.4, 0.5) is 0 Å². The van der Waals surface area contributed by atoms with Crippen LogP contribution in [0.1, 0.15) is 20.3 Å². The van der Waals surface area contributed by atoms with Gasteiger partial charge < -0.3 is 10.9 Å². The van der Waals surface area contributed by atoms with Gasteiger partial charge in [-0.15, -0.1) is 0 Å². The van der Waals surface area contributed by atoms with E-state index >= 15 is 0 Å². The Morgan fingerprint density at radius 3 is 2.70 bits per heavy atom. The maximum Gasteiger partial charge on any atom is 0.260 e. The van der Waals surface area contributed by atoms with Crippen LogP contribution in [0.2, 0.25) is 0 Å². The van der Waals surface area contributed by atoms with Crippen molar-refractivity contribution >= 4 is 15.9 Å². The topological polar surface area (TPSA) is 114 Å². The van der Waals surface area contributed by atoms with Gasteiger partial charge in [0, 0.05) is 26.6 Å². The normalized spacial score (nSPS) is 13.3. The lowest BCUT2D eigenvalue weighted by Crippen LogP contribution is -2.37. The smallest absolute Gasteiger partial charge is 0.260 e. The summed E-state index contributed by atoms with van der Waals surface area (Å²) in [5, 5.41) is 15.4. The summed E-state index contributed by atoms with van der Waals surface area (Å²) < 4.78 is 27.8. The van der Waals surface area contributed by atoms with Crippen molar-refractivity contribution in [2.45, 2.75) is 25.3 Å². The van der Waals surface area contributed by atoms with Gasteiger partial charge in [-0.2, -0.15) is 9.40 Å². The Morgan fingerprint density at radius 1 is 1.60 bits per heavy atom. The Kier molecular flexibility index (Phi) is 5.52. The molecule has 0 unspecified atom stereocenters. The largest absolute Gasteiger partial charge is 0.409 e. The van der Waals surface area contributed by atoms with E-state index in [0.717, 1.165) is 0 Å². The lowest BCUT2D eigenvalue weighted by molar-refractivity contribution is 0.314. The van der Waals surface area contributed by atoms with Crippen LogP contribution in [0.5, 0.6) is 0 Å². The minimum absolute atomic E-state index is 0.000961. The predicted octanol–water partition coefficient (Wildman–Crippen LogP) is 0.203. The zero-order valence-corrected chi connectivity index (χ0v) is 12.7. The van der Waals surface area contributed by atoms with E-state index in [4.69, 9.17) is 10.9 Å². The fourth-order valence-electron chi connectivity index (χ4n) is 1.75. The molecule has 0 fully saturated rings. The van der Waals surface area contributed by atoms with Gasteiger partial charge in [0.2, 0.25) is 0 Å². The summed E-state index contributed by atoms with van der Waals surface area (Å²) in [6.07, 6.45) is 1.60. The van der Waals surface area contributed by atoms with Gasteiger partial charge in [-0.05, 0) is 12.0 Å². The molecular weight excluding hydrogens is 282 g/mol. The summed E-state index contributed by atoms with van der Waals surface area (Å²) in [5.41, 5.74) is 5.40. The average Bonchev–Trinajstić information content (AvgIpc) is 2.80. The second-order valence-corrected chi connectivity index (χ2v) is 6.78. The maximum atomic E-state index is 12.6. The lowest BCUT2D eigenvalue weighted by Gasteiger charge is -2.23. The molecule has 114 valence electrons. The first kappa shape index (κ1) is 16.4. The van der Waals surface area contributed by atoms with Gasteiger partial charge in [0.05, 0.1) is 6.20 Å². The van der Waals surface area contributed by atoms with E-state index in [1.165, 1.54) is 21.3 Å². The number of sulfonamides is 1. The Labute approximate surface area is 118 Å². The molecule has 0 aliphatic rings. The molecule has 1 heterocycles. The third-order valence-corrected chi connectivity index (χ3v) is 4.64. The number of hydrogen-bond acceptors (Lipinski definition) is 5. The van der Waals surface area contributed by atoms with E-state index in [9.17, 15) is 8.42 Å². The number of aromatic nitrogens is 2. The van der Waals surface area contributed by atoms with E-state index in [1.54, 1.807) is 7.05 Å². The molecule has 0 aromatic carbocycles. The fourth-order valence-corrected chi connectivity index (χ4v) is 3.46. The zero-order chi connectivity index (χ0) is 15.3. The first-order valence-corrected chi connectivity index (χ1v) is 7.67. The van der Waals surface area contributed by atoms with Gasteiger partial charge in [-0.1, -0.05) is 19.0 Å². The molecule has 0 radical (unpaired) electrons. The molecule has 0 saturated heterocycles. The third kappa shape index (κ3) is 3.94. The van der Waals surface area contributed by atoms with Crippen LogP contribution in [0.15, 0.2) is 22.4 Å². The van der Waals surface area contributed by atoms with Crippen LogP contribution < -0.4 is 5.73 Å². The molecule has 8 nitrogen and oxygen atoms in total. The highest BCUT2D eigenvalue weighted by Gasteiger charge is 2.27. The number of nitrogens with zero attached hydrogens (tertiary/aromatic N) is 4. The van der Waals surface area contributed by atoms with Gasteiger partial charge in [0.25, 0.3) is 10.0 Å². The Hall–Kier alpha value is -1.61. The Morgan fingerprint density at radius 2 is 2.25 bits per heavy atom. The summed E-state index contributed by atoms with van der Waals surface area (Å²) in [6.45, 7) is 4.36. The molecule has 0 saturated carbocycles. The minimum Gasteiger partial charge on any atom is -0.409 e. The number of rotatable bonds is 7. The van der Waals surface area contributed by atoms with E-state index in [1.807, 2.05) is 13.8 Å². The van der Waals surface area contributed by atoms with Crippen molar-refractivity contribution in [1.29, 1.82) is 0 Å². The lowest BCUT2D eigenvalue weighted by atomic mass is 10.2. The standard InChI is InChI=1S/C11H21N5O3S/c1-9(2)8-16(7-5-10(12)14-17)20(18,19)11-4-6-13-15(11)3/h4,6,9,17H,5,7-8H2,1-3H3,(H2,12,14). The van der Waals surface area contributed by atoms with Gasteiger partial charge in [0.15, 0.2) is 5.03 Å². The van der Waals surface area contributed by atoms with E-state index in [0.29, 0.717) is 6.54 Å². The second-order valence-electron chi connectivity index (χ2n) is 4.89. The van der Waals surface area contributed by atoms with Crippen LogP contribution in [-0.4, -0.2) is 46.6 Å². The zero-order valence-electron chi connectivity index (χ0n) is 11.9. The number of aryl methyl sites for hydroxylation is 1.